The summed E-state index contributed by atoms with van der Waals surface area (Å²) < 4.78 is 6.19. The van der Waals surface area contributed by atoms with Crippen LogP contribution in [0.1, 0.15) is 44.1 Å². The molecule has 196 valence electrons. The normalized spacial score (nSPS) is 13.7. The van der Waals surface area contributed by atoms with Gasteiger partial charge in [-0.3, -0.25) is 10.3 Å². The van der Waals surface area contributed by atoms with E-state index in [2.05, 4.69) is 38.6 Å². The van der Waals surface area contributed by atoms with Gasteiger partial charge in [0.15, 0.2) is 11.0 Å². The highest BCUT2D eigenvalue weighted by Gasteiger charge is 2.17. The summed E-state index contributed by atoms with van der Waals surface area (Å²) in [5.41, 5.74) is 4.04. The molecule has 0 spiro atoms. The van der Waals surface area contributed by atoms with Crippen LogP contribution in [-0.2, 0) is 0 Å². The first-order valence-corrected chi connectivity index (χ1v) is 13.7. The number of thiazole rings is 1. The fourth-order valence-corrected chi connectivity index (χ4v) is 5.41. The van der Waals surface area contributed by atoms with Crippen LogP contribution in [0.5, 0.6) is 5.75 Å². The Labute approximate surface area is 226 Å². The average Bonchev–Trinajstić information content (AvgIpc) is 3.43. The van der Waals surface area contributed by atoms with Gasteiger partial charge < -0.3 is 10.1 Å². The lowest BCUT2D eigenvalue weighted by Crippen LogP contribution is -2.24. The molecule has 0 bridgehead atoms. The number of nitrogens with one attached hydrogen (secondary N) is 2. The van der Waals surface area contributed by atoms with E-state index in [-0.39, 0.29) is 6.03 Å². The largest absolute Gasteiger partial charge is 0.494 e. The number of benzene rings is 1. The van der Waals surface area contributed by atoms with Crippen molar-refractivity contribution in [2.75, 3.05) is 19.0 Å². The van der Waals surface area contributed by atoms with E-state index >= 15 is 0 Å². The van der Waals surface area contributed by atoms with Crippen molar-refractivity contribution in [2.24, 2.45) is 5.92 Å². The van der Waals surface area contributed by atoms with Crippen molar-refractivity contribution in [1.82, 2.24) is 30.2 Å². The molecule has 3 heterocycles. The maximum Gasteiger partial charge on any atom is 0.320 e. The second-order valence-electron chi connectivity index (χ2n) is 9.40. The molecule has 0 unspecified atom stereocenters. The van der Waals surface area contributed by atoms with Crippen molar-refractivity contribution in [1.29, 1.82) is 0 Å². The molecule has 4 aromatic rings. The van der Waals surface area contributed by atoms with Crippen LogP contribution in [0.2, 0.25) is 0 Å². The lowest BCUT2D eigenvalue weighted by atomic mass is 9.87. The van der Waals surface area contributed by atoms with Gasteiger partial charge in [-0.1, -0.05) is 49.5 Å². The Kier molecular flexibility index (Phi) is 8.18. The van der Waals surface area contributed by atoms with E-state index in [1.165, 1.54) is 43.4 Å². The minimum Gasteiger partial charge on any atom is -0.494 e. The Morgan fingerprint density at radius 3 is 2.66 bits per heavy atom. The molecule has 1 aromatic carbocycles. The third kappa shape index (κ3) is 6.31. The Hall–Kier alpha value is -3.92. The number of aryl methyl sites for hydroxylation is 1. The minimum absolute atomic E-state index is 0.328. The first-order valence-electron chi connectivity index (χ1n) is 12.9. The Bertz CT molecular complexity index is 1390. The molecular formula is C28H31N7O2S. The smallest absolute Gasteiger partial charge is 0.320 e. The lowest BCUT2D eigenvalue weighted by Gasteiger charge is -2.21. The molecule has 1 aliphatic rings. The van der Waals surface area contributed by atoms with Crippen LogP contribution in [0.15, 0.2) is 49.1 Å². The van der Waals surface area contributed by atoms with Crippen molar-refractivity contribution < 1.29 is 9.53 Å². The van der Waals surface area contributed by atoms with Crippen molar-refractivity contribution in [2.45, 2.75) is 45.4 Å². The summed E-state index contributed by atoms with van der Waals surface area (Å²) in [5, 5.41) is 5.72. The summed E-state index contributed by atoms with van der Waals surface area (Å²) >= 11 is 1.34. The number of rotatable bonds is 8. The Morgan fingerprint density at radius 1 is 1.03 bits per heavy atom. The monoisotopic (exact) mass is 529 g/mol. The van der Waals surface area contributed by atoms with Gasteiger partial charge in [0.1, 0.15) is 11.4 Å². The van der Waals surface area contributed by atoms with E-state index in [1.54, 1.807) is 31.8 Å². The average molecular weight is 530 g/mol. The second-order valence-corrected chi connectivity index (χ2v) is 10.4. The van der Waals surface area contributed by atoms with Gasteiger partial charge in [0.25, 0.3) is 0 Å². The highest BCUT2D eigenvalue weighted by atomic mass is 32.1. The van der Waals surface area contributed by atoms with Gasteiger partial charge in [-0.05, 0) is 43.0 Å². The fourth-order valence-electron chi connectivity index (χ4n) is 4.64. The quantitative estimate of drug-likeness (QED) is 0.282. The number of hydrogen-bond acceptors (Lipinski definition) is 8. The summed E-state index contributed by atoms with van der Waals surface area (Å²) in [7, 11) is 1.56. The maximum absolute atomic E-state index is 11.7. The van der Waals surface area contributed by atoms with Crippen LogP contribution in [0, 0.1) is 12.8 Å². The summed E-state index contributed by atoms with van der Waals surface area (Å²) in [6, 6.07) is 7.74. The molecule has 5 rings (SSSR count). The van der Waals surface area contributed by atoms with E-state index in [9.17, 15) is 4.79 Å². The zero-order chi connectivity index (χ0) is 26.3. The number of ether oxygens (including phenoxy) is 1. The molecule has 10 heteroatoms. The minimum atomic E-state index is -0.328. The van der Waals surface area contributed by atoms with Crippen molar-refractivity contribution in [3.63, 3.8) is 0 Å². The van der Waals surface area contributed by atoms with Gasteiger partial charge in [0.2, 0.25) is 0 Å². The van der Waals surface area contributed by atoms with E-state index in [0.717, 1.165) is 46.4 Å². The maximum atomic E-state index is 11.7. The summed E-state index contributed by atoms with van der Waals surface area (Å²) in [6.45, 7) is 2.78. The molecule has 3 aromatic heterocycles. The van der Waals surface area contributed by atoms with Crippen molar-refractivity contribution in [3.05, 3.63) is 54.6 Å². The van der Waals surface area contributed by atoms with Crippen molar-refractivity contribution >= 4 is 22.5 Å². The molecule has 0 saturated heterocycles. The molecule has 1 fully saturated rings. The van der Waals surface area contributed by atoms with Crippen LogP contribution in [-0.4, -0.2) is 44.6 Å². The second kappa shape index (κ2) is 12.1. The van der Waals surface area contributed by atoms with E-state index in [0.29, 0.717) is 22.3 Å². The fraction of sp³-hybridized carbons (Fsp3) is 0.357. The van der Waals surface area contributed by atoms with Crippen LogP contribution >= 0.6 is 11.3 Å². The molecule has 1 saturated carbocycles. The Balaban J connectivity index is 1.46. The number of hydrogen-bond donors (Lipinski definition) is 2. The number of carbonyl (C=O) groups is 1. The molecule has 9 nitrogen and oxygen atoms in total. The lowest BCUT2D eigenvalue weighted by molar-refractivity contribution is 0.246. The van der Waals surface area contributed by atoms with Crippen molar-refractivity contribution in [3.8, 4) is 39.1 Å². The summed E-state index contributed by atoms with van der Waals surface area (Å²) in [4.78, 5) is 35.1. The molecule has 2 N–H and O–H groups in total. The number of amides is 2. The van der Waals surface area contributed by atoms with Gasteiger partial charge in [-0.25, -0.2) is 24.7 Å². The van der Waals surface area contributed by atoms with Gasteiger partial charge in [0, 0.05) is 31.2 Å². The molecule has 38 heavy (non-hydrogen) atoms. The van der Waals surface area contributed by atoms with E-state index in [1.807, 2.05) is 18.2 Å². The SMILES string of the molecule is CNC(=O)Nc1ncc(-c2cc(-c3cc(OCCC4CCCCC4)ccc3C)nc(-c3cnccn3)n2)s1. The van der Waals surface area contributed by atoms with E-state index < -0.39 is 0 Å². The number of carbonyl (C=O) groups excluding carboxylic acids is 1. The molecule has 2 amide bonds. The van der Waals surface area contributed by atoms with Gasteiger partial charge >= 0.3 is 6.03 Å². The third-order valence-electron chi connectivity index (χ3n) is 6.73. The third-order valence-corrected chi connectivity index (χ3v) is 7.66. The van der Waals surface area contributed by atoms with Gasteiger partial charge in [-0.15, -0.1) is 0 Å². The summed E-state index contributed by atoms with van der Waals surface area (Å²) in [5.74, 6) is 2.06. The molecule has 0 aliphatic heterocycles. The topological polar surface area (TPSA) is 115 Å². The molecule has 1 aliphatic carbocycles. The standard InChI is InChI=1S/C28H31N7O2S/c1-18-8-9-20(37-13-10-19-6-4-3-5-7-19)14-21(18)22-15-23(25-17-32-28(38-25)35-27(36)29-2)34-26(33-22)24-16-30-11-12-31-24/h8-9,11-12,14-17,19H,3-7,10,13H2,1-2H3,(H2,29,32,35,36). The van der Waals surface area contributed by atoms with Crippen LogP contribution < -0.4 is 15.4 Å². The van der Waals surface area contributed by atoms with Gasteiger partial charge in [0.05, 0.1) is 29.1 Å². The predicted octanol–water partition coefficient (Wildman–Crippen LogP) is 6.13. The summed E-state index contributed by atoms with van der Waals surface area (Å²) in [6.07, 6.45) is 14.3. The number of nitrogens with zero attached hydrogens (tertiary/aromatic N) is 5. The first-order chi connectivity index (χ1) is 18.6. The number of urea groups is 1. The zero-order valence-electron chi connectivity index (χ0n) is 21.6. The van der Waals surface area contributed by atoms with Crippen LogP contribution in [0.25, 0.3) is 33.3 Å². The number of aromatic nitrogens is 5. The molecule has 0 radical (unpaired) electrons. The van der Waals surface area contributed by atoms with Crippen LogP contribution in [0.3, 0.4) is 0 Å². The van der Waals surface area contributed by atoms with Crippen LogP contribution in [0.4, 0.5) is 9.93 Å². The highest BCUT2D eigenvalue weighted by Crippen LogP contribution is 2.34. The highest BCUT2D eigenvalue weighted by molar-refractivity contribution is 7.19. The first kappa shape index (κ1) is 25.7. The Morgan fingerprint density at radius 2 is 1.87 bits per heavy atom. The van der Waals surface area contributed by atoms with E-state index in [4.69, 9.17) is 14.7 Å². The zero-order valence-corrected chi connectivity index (χ0v) is 22.4. The predicted molar refractivity (Wildman–Crippen MR) is 149 cm³/mol. The molecular weight excluding hydrogens is 498 g/mol. The molecule has 0 atom stereocenters. The van der Waals surface area contributed by atoms with Gasteiger partial charge in [-0.2, -0.15) is 0 Å². The number of anilines is 1.